The first-order chi connectivity index (χ1) is 13.2. The van der Waals surface area contributed by atoms with Crippen LogP contribution in [-0.4, -0.2) is 42.5 Å². The molecule has 27 heavy (non-hydrogen) atoms. The van der Waals surface area contributed by atoms with Gasteiger partial charge in [-0.3, -0.25) is 9.69 Å². The number of benzene rings is 2. The highest BCUT2D eigenvalue weighted by molar-refractivity contribution is 8.13. The van der Waals surface area contributed by atoms with Gasteiger partial charge < -0.3 is 9.47 Å². The summed E-state index contributed by atoms with van der Waals surface area (Å²) in [5.41, 5.74) is 1.72. The van der Waals surface area contributed by atoms with Crippen LogP contribution in [0.15, 0.2) is 59.6 Å². The van der Waals surface area contributed by atoms with Crippen molar-refractivity contribution >= 4 is 34.6 Å². The molecule has 1 saturated heterocycles. The SMILES string of the molecule is COc1ccc(N=C2SCCCN2C(=O)/C=C/c2ccccc2)cc1OC. The van der Waals surface area contributed by atoms with Crippen LogP contribution in [0.1, 0.15) is 12.0 Å². The fourth-order valence-corrected chi connectivity index (χ4v) is 3.65. The number of rotatable bonds is 5. The Morgan fingerprint density at radius 1 is 1.11 bits per heavy atom. The number of amidine groups is 1. The maximum Gasteiger partial charge on any atom is 0.252 e. The molecule has 0 N–H and O–H groups in total. The summed E-state index contributed by atoms with van der Waals surface area (Å²) >= 11 is 1.59. The summed E-state index contributed by atoms with van der Waals surface area (Å²) in [5, 5.41) is 0.705. The van der Waals surface area contributed by atoms with Gasteiger partial charge in [0.15, 0.2) is 16.7 Å². The second-order valence-electron chi connectivity index (χ2n) is 5.87. The number of thioether (sulfide) groups is 1. The Hall–Kier alpha value is -2.73. The largest absolute Gasteiger partial charge is 0.493 e. The van der Waals surface area contributed by atoms with E-state index < -0.39 is 0 Å². The number of carbonyl (C=O) groups excluding carboxylic acids is 1. The van der Waals surface area contributed by atoms with Crippen molar-refractivity contribution in [1.82, 2.24) is 4.90 Å². The molecular formula is C21H22N2O3S. The van der Waals surface area contributed by atoms with Crippen molar-refractivity contribution in [2.75, 3.05) is 26.5 Å². The third-order valence-electron chi connectivity index (χ3n) is 4.06. The van der Waals surface area contributed by atoms with Crippen LogP contribution in [0.5, 0.6) is 11.5 Å². The van der Waals surface area contributed by atoms with Crippen LogP contribution in [0.3, 0.4) is 0 Å². The van der Waals surface area contributed by atoms with Crippen molar-refractivity contribution < 1.29 is 14.3 Å². The summed E-state index contributed by atoms with van der Waals surface area (Å²) in [4.78, 5) is 19.1. The van der Waals surface area contributed by atoms with E-state index in [0.29, 0.717) is 23.2 Å². The van der Waals surface area contributed by atoms with Crippen LogP contribution >= 0.6 is 11.8 Å². The second-order valence-corrected chi connectivity index (χ2v) is 6.93. The van der Waals surface area contributed by atoms with Gasteiger partial charge in [-0.1, -0.05) is 42.1 Å². The van der Waals surface area contributed by atoms with Crippen molar-refractivity contribution in [1.29, 1.82) is 0 Å². The average Bonchev–Trinajstić information content (AvgIpc) is 2.73. The predicted octanol–water partition coefficient (Wildman–Crippen LogP) is 4.37. The molecular weight excluding hydrogens is 360 g/mol. The highest BCUT2D eigenvalue weighted by Gasteiger charge is 2.22. The van der Waals surface area contributed by atoms with Crippen LogP contribution in [-0.2, 0) is 4.79 Å². The first kappa shape index (κ1) is 19.0. The molecule has 1 amide bonds. The molecule has 0 spiro atoms. The molecule has 0 aliphatic carbocycles. The Bertz CT molecular complexity index is 850. The van der Waals surface area contributed by atoms with Crippen LogP contribution in [0.2, 0.25) is 0 Å². The molecule has 2 aromatic carbocycles. The number of amides is 1. The van der Waals surface area contributed by atoms with E-state index >= 15 is 0 Å². The van der Waals surface area contributed by atoms with Gasteiger partial charge >= 0.3 is 0 Å². The van der Waals surface area contributed by atoms with Gasteiger partial charge in [-0.2, -0.15) is 0 Å². The van der Waals surface area contributed by atoms with E-state index in [4.69, 9.17) is 9.47 Å². The Morgan fingerprint density at radius 2 is 1.89 bits per heavy atom. The van der Waals surface area contributed by atoms with Gasteiger partial charge in [0.25, 0.3) is 5.91 Å². The van der Waals surface area contributed by atoms with Crippen molar-refractivity contribution in [3.63, 3.8) is 0 Å². The number of nitrogens with zero attached hydrogens (tertiary/aromatic N) is 2. The molecule has 5 nitrogen and oxygen atoms in total. The first-order valence-electron chi connectivity index (χ1n) is 8.69. The third kappa shape index (κ3) is 4.92. The number of hydrogen-bond donors (Lipinski definition) is 0. The van der Waals surface area contributed by atoms with Gasteiger partial charge in [0.1, 0.15) is 0 Å². The van der Waals surface area contributed by atoms with E-state index in [1.807, 2.05) is 54.6 Å². The summed E-state index contributed by atoms with van der Waals surface area (Å²) in [5.74, 6) is 2.14. The van der Waals surface area contributed by atoms with Gasteiger partial charge in [-0.15, -0.1) is 0 Å². The topological polar surface area (TPSA) is 51.1 Å². The molecule has 1 heterocycles. The monoisotopic (exact) mass is 382 g/mol. The highest BCUT2D eigenvalue weighted by Crippen LogP contribution is 2.32. The van der Waals surface area contributed by atoms with Gasteiger partial charge in [-0.05, 0) is 30.2 Å². The minimum atomic E-state index is -0.0646. The summed E-state index contributed by atoms with van der Waals surface area (Å²) in [6, 6.07) is 15.3. The van der Waals surface area contributed by atoms with Gasteiger partial charge in [-0.25, -0.2) is 4.99 Å². The number of carbonyl (C=O) groups is 1. The van der Waals surface area contributed by atoms with Crippen molar-refractivity contribution in [3.05, 3.63) is 60.2 Å². The fourth-order valence-electron chi connectivity index (χ4n) is 2.68. The van der Waals surface area contributed by atoms with Crippen molar-refractivity contribution in [2.24, 2.45) is 4.99 Å². The summed E-state index contributed by atoms with van der Waals surface area (Å²) in [7, 11) is 3.19. The quantitative estimate of drug-likeness (QED) is 0.721. The van der Waals surface area contributed by atoms with Gasteiger partial charge in [0.2, 0.25) is 0 Å². The fraction of sp³-hybridized carbons (Fsp3) is 0.238. The van der Waals surface area contributed by atoms with Crippen LogP contribution in [0, 0.1) is 0 Å². The smallest absolute Gasteiger partial charge is 0.252 e. The van der Waals surface area contributed by atoms with E-state index in [2.05, 4.69) is 4.99 Å². The molecule has 0 unspecified atom stereocenters. The number of aliphatic imine (C=N–C) groups is 1. The predicted molar refractivity (Wildman–Crippen MR) is 111 cm³/mol. The zero-order valence-corrected chi connectivity index (χ0v) is 16.2. The molecule has 0 bridgehead atoms. The maximum absolute atomic E-state index is 12.7. The van der Waals surface area contributed by atoms with Crippen LogP contribution in [0.25, 0.3) is 6.08 Å². The summed E-state index contributed by atoms with van der Waals surface area (Å²) in [6.07, 6.45) is 4.38. The minimum absolute atomic E-state index is 0.0646. The Kier molecular flexibility index (Phi) is 6.54. The maximum atomic E-state index is 12.7. The van der Waals surface area contributed by atoms with Gasteiger partial charge in [0, 0.05) is 24.4 Å². The lowest BCUT2D eigenvalue weighted by atomic mass is 10.2. The Morgan fingerprint density at radius 3 is 2.63 bits per heavy atom. The number of hydrogen-bond acceptors (Lipinski definition) is 5. The Labute approximate surface area is 163 Å². The molecule has 0 atom stereocenters. The number of ether oxygens (including phenoxy) is 2. The zero-order valence-electron chi connectivity index (χ0n) is 15.4. The molecule has 1 aliphatic heterocycles. The molecule has 0 aromatic heterocycles. The van der Waals surface area contributed by atoms with Crippen molar-refractivity contribution in [2.45, 2.75) is 6.42 Å². The average molecular weight is 382 g/mol. The molecule has 3 rings (SSSR count). The lowest BCUT2D eigenvalue weighted by Crippen LogP contribution is -2.38. The van der Waals surface area contributed by atoms with E-state index in [0.717, 1.165) is 23.4 Å². The molecule has 1 aliphatic rings. The molecule has 2 aromatic rings. The first-order valence-corrected chi connectivity index (χ1v) is 9.68. The Balaban J connectivity index is 1.81. The molecule has 0 saturated carbocycles. The summed E-state index contributed by atoms with van der Waals surface area (Å²) < 4.78 is 10.6. The van der Waals surface area contributed by atoms with Crippen LogP contribution in [0.4, 0.5) is 5.69 Å². The molecule has 0 radical (unpaired) electrons. The van der Waals surface area contributed by atoms with E-state index in [1.165, 1.54) is 0 Å². The number of methoxy groups -OCH3 is 2. The summed E-state index contributed by atoms with van der Waals surface area (Å²) in [6.45, 7) is 0.664. The molecule has 6 heteroatoms. The highest BCUT2D eigenvalue weighted by atomic mass is 32.2. The van der Waals surface area contributed by atoms with Gasteiger partial charge in [0.05, 0.1) is 19.9 Å². The standard InChI is InChI=1S/C21H22N2O3S/c1-25-18-11-10-17(15-19(18)26-2)22-21-23(13-6-14-27-21)20(24)12-9-16-7-4-3-5-8-16/h3-5,7-12,15H,6,13-14H2,1-2H3/b12-9+,22-21?. The lowest BCUT2D eigenvalue weighted by Gasteiger charge is -2.26. The minimum Gasteiger partial charge on any atom is -0.493 e. The molecule has 140 valence electrons. The van der Waals surface area contributed by atoms with Crippen molar-refractivity contribution in [3.8, 4) is 11.5 Å². The lowest BCUT2D eigenvalue weighted by molar-refractivity contribution is -0.122. The second kappa shape index (κ2) is 9.28. The van der Waals surface area contributed by atoms with E-state index in [9.17, 15) is 4.79 Å². The van der Waals surface area contributed by atoms with E-state index in [1.54, 1.807) is 37.0 Å². The zero-order chi connectivity index (χ0) is 19.1. The normalized spacial score (nSPS) is 15.9. The third-order valence-corrected chi connectivity index (χ3v) is 5.13. The van der Waals surface area contributed by atoms with E-state index in [-0.39, 0.29) is 5.91 Å². The molecule has 1 fully saturated rings. The van der Waals surface area contributed by atoms with Crippen LogP contribution < -0.4 is 9.47 Å².